The Kier molecular flexibility index (Phi) is 4.45. The summed E-state index contributed by atoms with van der Waals surface area (Å²) < 4.78 is 9.95. The number of aliphatic carboxylic acids is 1. The highest BCUT2D eigenvalue weighted by atomic mass is 16.5. The molecule has 0 radical (unpaired) electrons. The summed E-state index contributed by atoms with van der Waals surface area (Å²) >= 11 is 0. The molecule has 4 heterocycles. The third kappa shape index (κ3) is 3.01. The fourth-order valence-corrected chi connectivity index (χ4v) is 4.30. The Morgan fingerprint density at radius 3 is 2.93 bits per heavy atom. The maximum absolute atomic E-state index is 11.6. The molecule has 1 N–H and O–H groups in total. The SMILES string of the molecule is CC(C)n1ncnc1-c1cn2c(n1)-c1ccc(N3CCC[C@H]3C(=O)O)cc1OCC2. The van der Waals surface area contributed by atoms with Crippen LogP contribution in [-0.4, -0.2) is 54.6 Å². The molecular weight excluding hydrogens is 384 g/mol. The number of carbonyl (C=O) groups is 1. The molecule has 9 heteroatoms. The summed E-state index contributed by atoms with van der Waals surface area (Å²) in [7, 11) is 0. The molecule has 0 aliphatic carbocycles. The summed E-state index contributed by atoms with van der Waals surface area (Å²) in [6.45, 7) is 6.04. The number of ether oxygens (including phenoxy) is 1. The number of rotatable bonds is 4. The molecule has 1 saturated heterocycles. The van der Waals surface area contributed by atoms with Gasteiger partial charge in [-0.2, -0.15) is 5.10 Å². The molecular formula is C21H24N6O3. The van der Waals surface area contributed by atoms with Gasteiger partial charge in [-0.3, -0.25) is 0 Å². The van der Waals surface area contributed by atoms with Crippen molar-refractivity contribution in [2.45, 2.75) is 45.3 Å². The number of carboxylic acid groups (broad SMARTS) is 1. The van der Waals surface area contributed by atoms with Gasteiger partial charge >= 0.3 is 5.97 Å². The molecule has 0 unspecified atom stereocenters. The molecule has 1 aromatic carbocycles. The van der Waals surface area contributed by atoms with Gasteiger partial charge in [0.25, 0.3) is 0 Å². The maximum Gasteiger partial charge on any atom is 0.326 e. The van der Waals surface area contributed by atoms with Gasteiger partial charge in [-0.15, -0.1) is 0 Å². The maximum atomic E-state index is 11.6. The van der Waals surface area contributed by atoms with E-state index < -0.39 is 12.0 Å². The Morgan fingerprint density at radius 1 is 1.27 bits per heavy atom. The standard InChI is InChI=1S/C21H24N6O3/c1-13(2)27-20(22-12-23-27)16-11-25-8-9-30-18-10-14(5-6-15(18)19(25)24-16)26-7-3-4-17(26)21(28)29/h5-6,10-13,17H,3-4,7-9H2,1-2H3,(H,28,29)/t17-/m0/s1. The number of nitrogens with zero attached hydrogens (tertiary/aromatic N) is 6. The summed E-state index contributed by atoms with van der Waals surface area (Å²) in [5.41, 5.74) is 2.54. The number of fused-ring (bicyclic) bond motifs is 3. The smallest absolute Gasteiger partial charge is 0.326 e. The van der Waals surface area contributed by atoms with Gasteiger partial charge in [0.2, 0.25) is 0 Å². The minimum Gasteiger partial charge on any atom is -0.491 e. The summed E-state index contributed by atoms with van der Waals surface area (Å²) in [5, 5.41) is 13.8. The summed E-state index contributed by atoms with van der Waals surface area (Å²) in [6.07, 6.45) is 5.08. The largest absolute Gasteiger partial charge is 0.491 e. The first-order valence-corrected chi connectivity index (χ1v) is 10.3. The summed E-state index contributed by atoms with van der Waals surface area (Å²) in [6, 6.07) is 5.58. The number of imidazole rings is 1. The van der Waals surface area contributed by atoms with E-state index in [4.69, 9.17) is 9.72 Å². The van der Waals surface area contributed by atoms with Gasteiger partial charge in [0.15, 0.2) is 5.82 Å². The van der Waals surface area contributed by atoms with Crippen LogP contribution in [0.5, 0.6) is 5.75 Å². The van der Waals surface area contributed by atoms with Crippen LogP contribution in [0.15, 0.2) is 30.7 Å². The summed E-state index contributed by atoms with van der Waals surface area (Å²) in [4.78, 5) is 22.8. The van der Waals surface area contributed by atoms with Gasteiger partial charge < -0.3 is 19.3 Å². The van der Waals surface area contributed by atoms with E-state index in [9.17, 15) is 9.90 Å². The second kappa shape index (κ2) is 7.16. The van der Waals surface area contributed by atoms with Gasteiger partial charge in [-0.1, -0.05) is 0 Å². The van der Waals surface area contributed by atoms with E-state index in [-0.39, 0.29) is 6.04 Å². The Labute approximate surface area is 173 Å². The first-order valence-electron chi connectivity index (χ1n) is 10.3. The van der Waals surface area contributed by atoms with Crippen LogP contribution in [0.25, 0.3) is 22.9 Å². The first-order chi connectivity index (χ1) is 14.5. The average molecular weight is 408 g/mol. The molecule has 156 valence electrons. The van der Waals surface area contributed by atoms with Crippen molar-refractivity contribution in [3.63, 3.8) is 0 Å². The van der Waals surface area contributed by atoms with Crippen molar-refractivity contribution < 1.29 is 14.6 Å². The van der Waals surface area contributed by atoms with Crippen molar-refractivity contribution in [3.05, 3.63) is 30.7 Å². The molecule has 3 aromatic rings. The number of carboxylic acids is 1. The monoisotopic (exact) mass is 408 g/mol. The number of benzene rings is 1. The zero-order valence-corrected chi connectivity index (χ0v) is 17.0. The van der Waals surface area contributed by atoms with E-state index in [1.807, 2.05) is 34.0 Å². The minimum atomic E-state index is -0.780. The highest BCUT2D eigenvalue weighted by molar-refractivity contribution is 5.80. The number of hydrogen-bond donors (Lipinski definition) is 1. The molecule has 2 aromatic heterocycles. The van der Waals surface area contributed by atoms with Crippen molar-refractivity contribution in [3.8, 4) is 28.7 Å². The van der Waals surface area contributed by atoms with Gasteiger partial charge in [0.05, 0.1) is 12.1 Å². The van der Waals surface area contributed by atoms with Crippen LogP contribution in [0, 0.1) is 0 Å². The van der Waals surface area contributed by atoms with Crippen LogP contribution in [-0.2, 0) is 11.3 Å². The Balaban J connectivity index is 1.54. The molecule has 5 rings (SSSR count). The predicted molar refractivity (Wildman–Crippen MR) is 111 cm³/mol. The molecule has 1 atom stereocenters. The second-order valence-corrected chi connectivity index (χ2v) is 7.98. The van der Waals surface area contributed by atoms with Crippen molar-refractivity contribution in [1.82, 2.24) is 24.3 Å². The van der Waals surface area contributed by atoms with Crippen LogP contribution in [0.3, 0.4) is 0 Å². The molecule has 30 heavy (non-hydrogen) atoms. The van der Waals surface area contributed by atoms with Crippen molar-refractivity contribution in [2.24, 2.45) is 0 Å². The van der Waals surface area contributed by atoms with Gasteiger partial charge in [0, 0.05) is 30.5 Å². The molecule has 0 spiro atoms. The number of anilines is 1. The molecule has 2 aliphatic heterocycles. The third-order valence-electron chi connectivity index (χ3n) is 5.73. The Morgan fingerprint density at radius 2 is 2.13 bits per heavy atom. The van der Waals surface area contributed by atoms with Crippen LogP contribution >= 0.6 is 0 Å². The highest BCUT2D eigenvalue weighted by Crippen LogP contribution is 2.38. The van der Waals surface area contributed by atoms with Crippen LogP contribution in [0.1, 0.15) is 32.7 Å². The zero-order valence-electron chi connectivity index (χ0n) is 17.0. The van der Waals surface area contributed by atoms with E-state index in [1.54, 1.807) is 6.33 Å². The predicted octanol–water partition coefficient (Wildman–Crippen LogP) is 2.84. The van der Waals surface area contributed by atoms with Crippen molar-refractivity contribution >= 4 is 11.7 Å². The van der Waals surface area contributed by atoms with E-state index >= 15 is 0 Å². The van der Waals surface area contributed by atoms with E-state index in [0.29, 0.717) is 19.6 Å². The van der Waals surface area contributed by atoms with Crippen molar-refractivity contribution in [2.75, 3.05) is 18.1 Å². The van der Waals surface area contributed by atoms with Crippen LogP contribution < -0.4 is 9.64 Å². The lowest BCUT2D eigenvalue weighted by atomic mass is 10.1. The Hall–Kier alpha value is -3.36. The molecule has 1 fully saturated rings. The lowest BCUT2D eigenvalue weighted by Crippen LogP contribution is -2.35. The quantitative estimate of drug-likeness (QED) is 0.709. The average Bonchev–Trinajstić information content (AvgIpc) is 3.45. The van der Waals surface area contributed by atoms with E-state index in [1.165, 1.54) is 0 Å². The van der Waals surface area contributed by atoms with Crippen molar-refractivity contribution in [1.29, 1.82) is 0 Å². The molecule has 0 saturated carbocycles. The van der Waals surface area contributed by atoms with Gasteiger partial charge in [-0.25, -0.2) is 19.4 Å². The highest BCUT2D eigenvalue weighted by Gasteiger charge is 2.31. The molecule has 9 nitrogen and oxygen atoms in total. The fraction of sp³-hybridized carbons (Fsp3) is 0.429. The molecule has 0 amide bonds. The van der Waals surface area contributed by atoms with Crippen LogP contribution in [0.4, 0.5) is 5.69 Å². The normalized spacial score (nSPS) is 18.1. The van der Waals surface area contributed by atoms with E-state index in [0.717, 1.165) is 47.3 Å². The van der Waals surface area contributed by atoms with Gasteiger partial charge in [0.1, 0.15) is 36.2 Å². The molecule has 0 bridgehead atoms. The lowest BCUT2D eigenvalue weighted by Gasteiger charge is -2.24. The fourth-order valence-electron chi connectivity index (χ4n) is 4.30. The first kappa shape index (κ1) is 18.7. The lowest BCUT2D eigenvalue weighted by molar-refractivity contribution is -0.138. The molecule has 2 aliphatic rings. The third-order valence-corrected chi connectivity index (χ3v) is 5.73. The summed E-state index contributed by atoms with van der Waals surface area (Å²) in [5.74, 6) is 1.51. The van der Waals surface area contributed by atoms with Gasteiger partial charge in [-0.05, 0) is 38.8 Å². The van der Waals surface area contributed by atoms with Crippen LogP contribution in [0.2, 0.25) is 0 Å². The zero-order chi connectivity index (χ0) is 20.8. The number of aromatic nitrogens is 5. The Bertz CT molecular complexity index is 1100. The topological polar surface area (TPSA) is 98.3 Å². The number of hydrogen-bond acceptors (Lipinski definition) is 6. The van der Waals surface area contributed by atoms with E-state index in [2.05, 4.69) is 28.5 Å². The second-order valence-electron chi connectivity index (χ2n) is 7.98. The minimum absolute atomic E-state index is 0.185.